The van der Waals surface area contributed by atoms with Crippen molar-refractivity contribution in [3.63, 3.8) is 0 Å². The molecular formula is C22H29NO5S. The Morgan fingerprint density at radius 1 is 1.10 bits per heavy atom. The van der Waals surface area contributed by atoms with Gasteiger partial charge < -0.3 is 9.84 Å². The molecule has 0 aromatic heterocycles. The first-order chi connectivity index (χ1) is 13.5. The summed E-state index contributed by atoms with van der Waals surface area (Å²) in [7, 11) is -3.53. The molecule has 2 aromatic rings. The molecule has 0 spiro atoms. The maximum absolute atomic E-state index is 12.5. The number of carbonyl (C=O) groups is 1. The molecule has 7 heteroatoms. The predicted molar refractivity (Wildman–Crippen MR) is 115 cm³/mol. The van der Waals surface area contributed by atoms with E-state index in [9.17, 15) is 13.2 Å². The van der Waals surface area contributed by atoms with Gasteiger partial charge in [-0.25, -0.2) is 8.42 Å². The number of aryl methyl sites for hydroxylation is 2. The molecule has 0 saturated heterocycles. The lowest BCUT2D eigenvalue weighted by atomic mass is 9.88. The van der Waals surface area contributed by atoms with Gasteiger partial charge in [-0.3, -0.25) is 9.52 Å². The fourth-order valence-electron chi connectivity index (χ4n) is 2.86. The largest absolute Gasteiger partial charge is 0.493 e. The van der Waals surface area contributed by atoms with Gasteiger partial charge in [0.15, 0.2) is 0 Å². The molecule has 2 aromatic carbocycles. The minimum Gasteiger partial charge on any atom is -0.493 e. The van der Waals surface area contributed by atoms with Crippen LogP contribution in [-0.4, -0.2) is 26.1 Å². The van der Waals surface area contributed by atoms with E-state index in [-0.39, 0.29) is 5.75 Å². The van der Waals surface area contributed by atoms with Crippen LogP contribution in [0.1, 0.15) is 43.4 Å². The standard InChI is InChI=1S/C22H29NO5S/c1-16-14-20(28-12-8-11-22(3,4)21(24)25)17(2)13-19(16)23-29(26,27)15-18-9-6-5-7-10-18/h5-7,9-10,13-14,23H,8,11-12,15H2,1-4H3,(H,24,25). The third-order valence-electron chi connectivity index (χ3n) is 4.77. The van der Waals surface area contributed by atoms with Crippen molar-refractivity contribution >= 4 is 21.7 Å². The van der Waals surface area contributed by atoms with Gasteiger partial charge in [0.2, 0.25) is 10.0 Å². The molecule has 0 atom stereocenters. The Labute approximate surface area is 173 Å². The minimum atomic E-state index is -3.53. The van der Waals surface area contributed by atoms with Gasteiger partial charge in [-0.15, -0.1) is 0 Å². The highest BCUT2D eigenvalue weighted by atomic mass is 32.2. The van der Waals surface area contributed by atoms with Crippen LogP contribution in [0.25, 0.3) is 0 Å². The molecule has 29 heavy (non-hydrogen) atoms. The van der Waals surface area contributed by atoms with Crippen LogP contribution < -0.4 is 9.46 Å². The average Bonchev–Trinajstić information content (AvgIpc) is 2.62. The van der Waals surface area contributed by atoms with E-state index in [0.29, 0.717) is 30.9 Å². The lowest BCUT2D eigenvalue weighted by molar-refractivity contribution is -0.147. The molecule has 0 bridgehead atoms. The molecule has 6 nitrogen and oxygen atoms in total. The molecule has 0 unspecified atom stereocenters. The summed E-state index contributed by atoms with van der Waals surface area (Å²) in [5, 5.41) is 9.16. The van der Waals surface area contributed by atoms with Crippen LogP contribution in [0.2, 0.25) is 0 Å². The topological polar surface area (TPSA) is 92.7 Å². The van der Waals surface area contributed by atoms with Crippen molar-refractivity contribution in [3.05, 3.63) is 59.2 Å². The Bertz CT molecular complexity index is 953. The number of hydrogen-bond acceptors (Lipinski definition) is 4. The average molecular weight is 420 g/mol. The number of carboxylic acids is 1. The van der Waals surface area contributed by atoms with Crippen LogP contribution in [0, 0.1) is 19.3 Å². The van der Waals surface area contributed by atoms with Crippen LogP contribution in [0.15, 0.2) is 42.5 Å². The SMILES string of the molecule is Cc1cc(OCCCC(C)(C)C(=O)O)c(C)cc1NS(=O)(=O)Cc1ccccc1. The molecule has 158 valence electrons. The summed E-state index contributed by atoms with van der Waals surface area (Å²) >= 11 is 0. The fourth-order valence-corrected chi connectivity index (χ4v) is 4.11. The van der Waals surface area contributed by atoms with E-state index in [0.717, 1.165) is 16.7 Å². The summed E-state index contributed by atoms with van der Waals surface area (Å²) in [6.45, 7) is 7.46. The number of hydrogen-bond donors (Lipinski definition) is 2. The summed E-state index contributed by atoms with van der Waals surface area (Å²) in [6, 6.07) is 12.6. The second-order valence-electron chi connectivity index (χ2n) is 7.92. The number of carboxylic acid groups (broad SMARTS) is 1. The maximum atomic E-state index is 12.5. The number of ether oxygens (including phenoxy) is 1. The van der Waals surface area contributed by atoms with E-state index in [1.165, 1.54) is 0 Å². The van der Waals surface area contributed by atoms with E-state index in [2.05, 4.69) is 4.72 Å². The molecule has 0 heterocycles. The Morgan fingerprint density at radius 2 is 1.76 bits per heavy atom. The highest BCUT2D eigenvalue weighted by Crippen LogP contribution is 2.28. The first kappa shape index (κ1) is 22.7. The zero-order chi connectivity index (χ0) is 21.7. The van der Waals surface area contributed by atoms with E-state index in [1.807, 2.05) is 32.0 Å². The Hall–Kier alpha value is -2.54. The zero-order valence-corrected chi connectivity index (χ0v) is 18.2. The van der Waals surface area contributed by atoms with Crippen molar-refractivity contribution in [1.29, 1.82) is 0 Å². The van der Waals surface area contributed by atoms with Crippen LogP contribution >= 0.6 is 0 Å². The van der Waals surface area contributed by atoms with Crippen LogP contribution in [0.5, 0.6) is 5.75 Å². The summed E-state index contributed by atoms with van der Waals surface area (Å²) in [5.41, 5.74) is 2.03. The second-order valence-corrected chi connectivity index (χ2v) is 9.64. The third kappa shape index (κ3) is 6.78. The van der Waals surface area contributed by atoms with Gasteiger partial charge >= 0.3 is 5.97 Å². The number of nitrogens with one attached hydrogen (secondary N) is 1. The number of sulfonamides is 1. The van der Waals surface area contributed by atoms with Crippen LogP contribution in [-0.2, 0) is 20.6 Å². The van der Waals surface area contributed by atoms with Crippen molar-refractivity contribution < 1.29 is 23.1 Å². The van der Waals surface area contributed by atoms with Gasteiger partial charge in [0.1, 0.15) is 5.75 Å². The third-order valence-corrected chi connectivity index (χ3v) is 6.01. The van der Waals surface area contributed by atoms with Gasteiger partial charge in [0.25, 0.3) is 0 Å². The molecule has 0 aliphatic carbocycles. The van der Waals surface area contributed by atoms with Gasteiger partial charge in [-0.05, 0) is 69.4 Å². The highest BCUT2D eigenvalue weighted by molar-refractivity contribution is 7.91. The van der Waals surface area contributed by atoms with Crippen molar-refractivity contribution in [2.24, 2.45) is 5.41 Å². The normalized spacial score (nSPS) is 11.9. The van der Waals surface area contributed by atoms with Gasteiger partial charge in [0.05, 0.1) is 23.5 Å². The predicted octanol–water partition coefficient (Wildman–Crippen LogP) is 4.52. The smallest absolute Gasteiger partial charge is 0.309 e. The molecule has 0 radical (unpaired) electrons. The molecule has 0 amide bonds. The number of aliphatic carboxylic acids is 1. The van der Waals surface area contributed by atoms with Gasteiger partial charge in [0, 0.05) is 0 Å². The molecule has 2 rings (SSSR count). The summed E-state index contributed by atoms with van der Waals surface area (Å²) in [6.07, 6.45) is 1.13. The Morgan fingerprint density at radius 3 is 2.38 bits per heavy atom. The quantitative estimate of drug-likeness (QED) is 0.553. The molecule has 0 fully saturated rings. The monoisotopic (exact) mass is 419 g/mol. The van der Waals surface area contributed by atoms with Gasteiger partial charge in [-0.2, -0.15) is 0 Å². The number of anilines is 1. The molecule has 0 aliphatic rings. The summed E-state index contributed by atoms with van der Waals surface area (Å²) in [4.78, 5) is 11.2. The Balaban J connectivity index is 2.00. The van der Waals surface area contributed by atoms with E-state index in [1.54, 1.807) is 38.1 Å². The molecular weight excluding hydrogens is 390 g/mol. The van der Waals surface area contributed by atoms with Crippen molar-refractivity contribution in [2.45, 2.75) is 46.3 Å². The molecule has 0 aliphatic heterocycles. The molecule has 2 N–H and O–H groups in total. The van der Waals surface area contributed by atoms with E-state index in [4.69, 9.17) is 9.84 Å². The lowest BCUT2D eigenvalue weighted by Crippen LogP contribution is -2.24. The first-order valence-corrected chi connectivity index (χ1v) is 11.2. The summed E-state index contributed by atoms with van der Waals surface area (Å²) in [5.74, 6) is -0.248. The number of rotatable bonds is 10. The van der Waals surface area contributed by atoms with Gasteiger partial charge in [-0.1, -0.05) is 30.3 Å². The second kappa shape index (κ2) is 9.31. The highest BCUT2D eigenvalue weighted by Gasteiger charge is 2.26. The number of benzene rings is 2. The van der Waals surface area contributed by atoms with Crippen molar-refractivity contribution in [1.82, 2.24) is 0 Å². The Kier molecular flexibility index (Phi) is 7.30. The minimum absolute atomic E-state index is 0.0933. The fraction of sp³-hybridized carbons (Fsp3) is 0.409. The van der Waals surface area contributed by atoms with Crippen LogP contribution in [0.3, 0.4) is 0 Å². The van der Waals surface area contributed by atoms with E-state index < -0.39 is 21.4 Å². The lowest BCUT2D eigenvalue weighted by Gasteiger charge is -2.19. The zero-order valence-electron chi connectivity index (χ0n) is 17.4. The molecule has 0 saturated carbocycles. The van der Waals surface area contributed by atoms with E-state index >= 15 is 0 Å². The summed E-state index contributed by atoms with van der Waals surface area (Å²) < 4.78 is 33.4. The van der Waals surface area contributed by atoms with Crippen molar-refractivity contribution in [2.75, 3.05) is 11.3 Å². The van der Waals surface area contributed by atoms with Crippen LogP contribution in [0.4, 0.5) is 5.69 Å². The van der Waals surface area contributed by atoms with Crippen molar-refractivity contribution in [3.8, 4) is 5.75 Å². The first-order valence-electron chi connectivity index (χ1n) is 9.52. The maximum Gasteiger partial charge on any atom is 0.309 e.